The fraction of sp³-hybridized carbons (Fsp3) is 0.571. The van der Waals surface area contributed by atoms with Gasteiger partial charge in [-0.1, -0.05) is 0 Å². The average molecular weight is 222 g/mol. The molecule has 0 aromatic rings. The van der Waals surface area contributed by atoms with Gasteiger partial charge in [0, 0.05) is 5.75 Å². The second kappa shape index (κ2) is 6.25. The van der Waals surface area contributed by atoms with Crippen LogP contribution in [0.4, 0.5) is 0 Å². The van der Waals surface area contributed by atoms with Crippen LogP contribution in [-0.4, -0.2) is 44.2 Å². The molecule has 6 nitrogen and oxygen atoms in total. The lowest BCUT2D eigenvalue weighted by molar-refractivity contribution is -0.142. The molecule has 3 N–H and O–H groups in total. The first-order valence-electron chi connectivity index (χ1n) is 3.71. The molecule has 0 bridgehead atoms. The average Bonchev–Trinajstić information content (AvgIpc) is 2.00. The minimum absolute atomic E-state index is 0.0968. The second-order valence-electron chi connectivity index (χ2n) is 2.44. The zero-order valence-corrected chi connectivity index (χ0v) is 7.99. The van der Waals surface area contributed by atoms with Crippen molar-refractivity contribution in [2.24, 2.45) is 0 Å². The molecule has 0 aromatic carbocycles. The third kappa shape index (κ3) is 6.30. The molecular weight excluding hydrogens is 212 g/mol. The minimum atomic E-state index is -1.23. The molecular formula is C7H10O6S. The Hall–Kier alpha value is -1.24. The topological polar surface area (TPSA) is 112 Å². The van der Waals surface area contributed by atoms with E-state index in [2.05, 4.69) is 0 Å². The highest BCUT2D eigenvalue weighted by Gasteiger charge is 2.21. The fourth-order valence-corrected chi connectivity index (χ4v) is 1.64. The molecule has 0 saturated heterocycles. The molecule has 80 valence electrons. The molecule has 0 fully saturated rings. The zero-order chi connectivity index (χ0) is 11.1. The van der Waals surface area contributed by atoms with Gasteiger partial charge in [-0.15, -0.1) is 11.8 Å². The Kier molecular flexibility index (Phi) is 5.70. The summed E-state index contributed by atoms with van der Waals surface area (Å²) in [6.45, 7) is 0. The monoisotopic (exact) mass is 222 g/mol. The Morgan fingerprint density at radius 2 is 1.64 bits per heavy atom. The van der Waals surface area contributed by atoms with Crippen LogP contribution in [0.3, 0.4) is 0 Å². The predicted molar refractivity (Wildman–Crippen MR) is 48.4 cm³/mol. The summed E-state index contributed by atoms with van der Waals surface area (Å²) < 4.78 is 0. The van der Waals surface area contributed by atoms with E-state index in [1.54, 1.807) is 0 Å². The maximum absolute atomic E-state index is 10.5. The molecule has 0 aliphatic heterocycles. The van der Waals surface area contributed by atoms with E-state index in [-0.39, 0.29) is 12.2 Å². The molecule has 7 heteroatoms. The quantitative estimate of drug-likeness (QED) is 0.560. The second-order valence-corrected chi connectivity index (χ2v) is 3.75. The zero-order valence-electron chi connectivity index (χ0n) is 7.17. The van der Waals surface area contributed by atoms with Crippen molar-refractivity contribution in [3.63, 3.8) is 0 Å². The van der Waals surface area contributed by atoms with E-state index >= 15 is 0 Å². The Labute approximate surface area is 83.9 Å². The van der Waals surface area contributed by atoms with Gasteiger partial charge in [-0.3, -0.25) is 14.4 Å². The number of carbonyl (C=O) groups is 3. The van der Waals surface area contributed by atoms with Crippen LogP contribution in [0.2, 0.25) is 0 Å². The van der Waals surface area contributed by atoms with E-state index in [0.717, 1.165) is 11.8 Å². The van der Waals surface area contributed by atoms with Gasteiger partial charge in [0.2, 0.25) is 0 Å². The van der Waals surface area contributed by atoms with Crippen LogP contribution in [-0.2, 0) is 14.4 Å². The molecule has 0 aromatic heterocycles. The largest absolute Gasteiger partial charge is 0.481 e. The molecule has 1 unspecified atom stereocenters. The summed E-state index contributed by atoms with van der Waals surface area (Å²) in [7, 11) is 0. The van der Waals surface area contributed by atoms with Crippen LogP contribution in [0.15, 0.2) is 0 Å². The third-order valence-corrected chi connectivity index (χ3v) is 2.48. The first-order chi connectivity index (χ1) is 6.43. The van der Waals surface area contributed by atoms with Crippen molar-refractivity contribution >= 4 is 29.7 Å². The summed E-state index contributed by atoms with van der Waals surface area (Å²) in [5.41, 5.74) is 0. The van der Waals surface area contributed by atoms with Crippen molar-refractivity contribution in [1.82, 2.24) is 0 Å². The minimum Gasteiger partial charge on any atom is -0.481 e. The highest BCUT2D eigenvalue weighted by molar-refractivity contribution is 8.00. The number of thioether (sulfide) groups is 1. The molecule has 14 heavy (non-hydrogen) atoms. The van der Waals surface area contributed by atoms with Gasteiger partial charge < -0.3 is 15.3 Å². The van der Waals surface area contributed by atoms with Gasteiger partial charge in [-0.05, 0) is 0 Å². The van der Waals surface area contributed by atoms with Crippen molar-refractivity contribution < 1.29 is 29.7 Å². The SMILES string of the molecule is O=C(O)CCSC(CC(=O)O)C(=O)O. The third-order valence-electron chi connectivity index (χ3n) is 1.27. The van der Waals surface area contributed by atoms with Gasteiger partial charge in [-0.25, -0.2) is 0 Å². The van der Waals surface area contributed by atoms with Crippen molar-refractivity contribution in [3.8, 4) is 0 Å². The van der Waals surface area contributed by atoms with Crippen molar-refractivity contribution in [3.05, 3.63) is 0 Å². The number of rotatable bonds is 7. The van der Waals surface area contributed by atoms with Gasteiger partial charge in [0.15, 0.2) is 0 Å². The highest BCUT2D eigenvalue weighted by Crippen LogP contribution is 2.16. The Morgan fingerprint density at radius 3 is 2.00 bits per heavy atom. The summed E-state index contributed by atoms with van der Waals surface area (Å²) in [5.74, 6) is -3.38. The number of aliphatic carboxylic acids is 3. The molecule has 0 amide bonds. The maximum Gasteiger partial charge on any atom is 0.317 e. The number of carboxylic acid groups (broad SMARTS) is 3. The van der Waals surface area contributed by atoms with Crippen LogP contribution in [0.25, 0.3) is 0 Å². The molecule has 0 radical (unpaired) electrons. The Balaban J connectivity index is 3.91. The predicted octanol–water partition coefficient (Wildman–Crippen LogP) is 0.122. The van der Waals surface area contributed by atoms with E-state index in [4.69, 9.17) is 15.3 Å². The van der Waals surface area contributed by atoms with Gasteiger partial charge in [0.1, 0.15) is 5.25 Å². The molecule has 0 aliphatic rings. The molecule has 0 rings (SSSR count). The van der Waals surface area contributed by atoms with E-state index in [1.165, 1.54) is 0 Å². The highest BCUT2D eigenvalue weighted by atomic mass is 32.2. The van der Waals surface area contributed by atoms with E-state index < -0.39 is 29.6 Å². The summed E-state index contributed by atoms with van der Waals surface area (Å²) in [5, 5.41) is 24.1. The van der Waals surface area contributed by atoms with Crippen molar-refractivity contribution in [2.75, 3.05) is 5.75 Å². The van der Waals surface area contributed by atoms with Crippen LogP contribution in [0, 0.1) is 0 Å². The molecule has 0 heterocycles. The molecule has 0 saturated carbocycles. The van der Waals surface area contributed by atoms with E-state index in [0.29, 0.717) is 0 Å². The Bertz CT molecular complexity index is 238. The number of hydrogen-bond acceptors (Lipinski definition) is 4. The lowest BCUT2D eigenvalue weighted by atomic mass is 10.3. The van der Waals surface area contributed by atoms with Gasteiger partial charge in [0.05, 0.1) is 12.8 Å². The van der Waals surface area contributed by atoms with Gasteiger partial charge >= 0.3 is 17.9 Å². The first kappa shape index (κ1) is 12.8. The van der Waals surface area contributed by atoms with Gasteiger partial charge in [0.25, 0.3) is 0 Å². The lowest BCUT2D eigenvalue weighted by Gasteiger charge is -2.07. The maximum atomic E-state index is 10.5. The normalized spacial score (nSPS) is 12.0. The molecule has 1 atom stereocenters. The molecule has 0 aliphatic carbocycles. The summed E-state index contributed by atoms with van der Waals surface area (Å²) >= 11 is 0.825. The lowest BCUT2D eigenvalue weighted by Crippen LogP contribution is -2.21. The van der Waals surface area contributed by atoms with E-state index in [9.17, 15) is 14.4 Å². The summed E-state index contributed by atoms with van der Waals surface area (Å²) in [6, 6.07) is 0. The first-order valence-corrected chi connectivity index (χ1v) is 4.76. The van der Waals surface area contributed by atoms with Crippen molar-refractivity contribution in [2.45, 2.75) is 18.1 Å². The summed E-state index contributed by atoms with van der Waals surface area (Å²) in [4.78, 5) is 30.8. The van der Waals surface area contributed by atoms with Gasteiger partial charge in [-0.2, -0.15) is 0 Å². The fourth-order valence-electron chi connectivity index (χ4n) is 0.665. The van der Waals surface area contributed by atoms with Crippen LogP contribution in [0.5, 0.6) is 0 Å². The Morgan fingerprint density at radius 1 is 1.07 bits per heavy atom. The summed E-state index contributed by atoms with van der Waals surface area (Å²) in [6.07, 6.45) is -0.673. The van der Waals surface area contributed by atoms with Crippen LogP contribution in [0.1, 0.15) is 12.8 Å². The molecule has 0 spiro atoms. The standard InChI is InChI=1S/C7H10O6S/c8-5(9)1-2-14-4(7(12)13)3-6(10)11/h4H,1-3H2,(H,8,9)(H,10,11)(H,12,13). The van der Waals surface area contributed by atoms with E-state index in [1.807, 2.05) is 0 Å². The van der Waals surface area contributed by atoms with Crippen molar-refractivity contribution in [1.29, 1.82) is 0 Å². The number of carboxylic acids is 3. The smallest absolute Gasteiger partial charge is 0.317 e. The van der Waals surface area contributed by atoms with Crippen LogP contribution < -0.4 is 0 Å². The van der Waals surface area contributed by atoms with Crippen LogP contribution >= 0.6 is 11.8 Å². The number of hydrogen-bond donors (Lipinski definition) is 3.